The summed E-state index contributed by atoms with van der Waals surface area (Å²) in [6.07, 6.45) is 4.31. The molecule has 0 amide bonds. The van der Waals surface area contributed by atoms with E-state index in [0.717, 1.165) is 12.0 Å². The van der Waals surface area contributed by atoms with Crippen LogP contribution < -0.4 is 0 Å². The number of hydrogen-bond acceptors (Lipinski definition) is 1. The zero-order chi connectivity index (χ0) is 8.06. The Kier molecular flexibility index (Phi) is 1.54. The van der Waals surface area contributed by atoms with Gasteiger partial charge in [-0.3, -0.25) is 0 Å². The van der Waals surface area contributed by atoms with Crippen LogP contribution >= 0.6 is 0 Å². The summed E-state index contributed by atoms with van der Waals surface area (Å²) in [5.74, 6) is 0.993. The Morgan fingerprint density at radius 3 is 2.64 bits per heavy atom. The van der Waals surface area contributed by atoms with Gasteiger partial charge in [-0.25, -0.2) is 0 Å². The zero-order valence-electron chi connectivity index (χ0n) is 7.93. The minimum Gasteiger partial charge on any atom is -0.303 e. The van der Waals surface area contributed by atoms with Crippen molar-refractivity contribution in [3.63, 3.8) is 0 Å². The van der Waals surface area contributed by atoms with Gasteiger partial charge in [-0.05, 0) is 44.2 Å². The van der Waals surface area contributed by atoms with Crippen LogP contribution in [0.25, 0.3) is 0 Å². The maximum atomic E-state index is 2.55. The average molecular weight is 153 g/mol. The number of hydrogen-bond donors (Lipinski definition) is 0. The van der Waals surface area contributed by atoms with E-state index in [1.807, 2.05) is 0 Å². The van der Waals surface area contributed by atoms with Crippen molar-refractivity contribution in [3.8, 4) is 0 Å². The first-order chi connectivity index (χ1) is 5.11. The fraction of sp³-hybridized carbons (Fsp3) is 1.00. The molecule has 2 rings (SSSR count). The molecule has 64 valence electrons. The van der Waals surface area contributed by atoms with Gasteiger partial charge in [-0.15, -0.1) is 0 Å². The van der Waals surface area contributed by atoms with Gasteiger partial charge < -0.3 is 4.90 Å². The number of rotatable bonds is 0. The van der Waals surface area contributed by atoms with Crippen molar-refractivity contribution >= 4 is 0 Å². The van der Waals surface area contributed by atoms with E-state index in [1.54, 1.807) is 0 Å². The lowest BCUT2D eigenvalue weighted by Crippen LogP contribution is -2.28. The third-order valence-electron chi connectivity index (χ3n) is 3.91. The van der Waals surface area contributed by atoms with Crippen LogP contribution in [0.15, 0.2) is 0 Å². The van der Waals surface area contributed by atoms with Gasteiger partial charge in [0.2, 0.25) is 0 Å². The topological polar surface area (TPSA) is 3.24 Å². The summed E-state index contributed by atoms with van der Waals surface area (Å²) in [5.41, 5.74) is 0.634. The zero-order valence-corrected chi connectivity index (χ0v) is 7.93. The van der Waals surface area contributed by atoms with Crippen molar-refractivity contribution in [2.24, 2.45) is 11.3 Å². The van der Waals surface area contributed by atoms with Crippen molar-refractivity contribution in [1.29, 1.82) is 0 Å². The molecule has 2 unspecified atom stereocenters. The summed E-state index contributed by atoms with van der Waals surface area (Å²) < 4.78 is 0. The van der Waals surface area contributed by atoms with Gasteiger partial charge in [-0.2, -0.15) is 0 Å². The molecule has 0 radical (unpaired) electrons. The van der Waals surface area contributed by atoms with Crippen LogP contribution in [0.2, 0.25) is 0 Å². The SMILES string of the molecule is CN1CCC2C1CCC2(C)C. The monoisotopic (exact) mass is 153 g/mol. The average Bonchev–Trinajstić information content (AvgIpc) is 2.39. The maximum absolute atomic E-state index is 2.55. The van der Waals surface area contributed by atoms with E-state index in [0.29, 0.717) is 5.41 Å². The molecule has 0 bridgehead atoms. The van der Waals surface area contributed by atoms with Gasteiger partial charge in [0.25, 0.3) is 0 Å². The molecule has 1 nitrogen and oxygen atoms in total. The predicted molar refractivity (Wildman–Crippen MR) is 47.5 cm³/mol. The summed E-state index contributed by atoms with van der Waals surface area (Å²) in [6.45, 7) is 6.21. The fourth-order valence-electron chi connectivity index (χ4n) is 3.05. The van der Waals surface area contributed by atoms with Crippen molar-refractivity contribution < 1.29 is 0 Å². The minimum absolute atomic E-state index is 0.634. The normalized spacial score (nSPS) is 42.8. The lowest BCUT2D eigenvalue weighted by Gasteiger charge is -2.26. The van der Waals surface area contributed by atoms with Gasteiger partial charge in [0.1, 0.15) is 0 Å². The van der Waals surface area contributed by atoms with Crippen LogP contribution in [0, 0.1) is 11.3 Å². The highest BCUT2D eigenvalue weighted by Gasteiger charge is 2.46. The first kappa shape index (κ1) is 7.60. The van der Waals surface area contributed by atoms with E-state index in [9.17, 15) is 0 Å². The molecule has 1 saturated heterocycles. The molecule has 2 aliphatic rings. The molecular weight excluding hydrogens is 134 g/mol. The standard InChI is InChI=1S/C10H19N/c1-10(2)6-4-9-8(10)5-7-11(9)3/h8-9H,4-7H2,1-3H3. The van der Waals surface area contributed by atoms with Crippen molar-refractivity contribution in [1.82, 2.24) is 4.90 Å². The summed E-state index contributed by atoms with van der Waals surface area (Å²) in [6, 6.07) is 0.921. The Balaban J connectivity index is 2.17. The molecule has 1 aliphatic heterocycles. The van der Waals surface area contributed by atoms with E-state index >= 15 is 0 Å². The highest BCUT2D eigenvalue weighted by molar-refractivity contribution is 4.99. The van der Waals surface area contributed by atoms with E-state index in [1.165, 1.54) is 25.8 Å². The summed E-state index contributed by atoms with van der Waals surface area (Å²) in [7, 11) is 2.28. The molecule has 1 saturated carbocycles. The highest BCUT2D eigenvalue weighted by atomic mass is 15.2. The number of nitrogens with zero attached hydrogens (tertiary/aromatic N) is 1. The van der Waals surface area contributed by atoms with Gasteiger partial charge in [0, 0.05) is 6.04 Å². The second kappa shape index (κ2) is 2.22. The second-order valence-corrected chi connectivity index (χ2v) is 4.97. The molecular formula is C10H19N. The van der Waals surface area contributed by atoms with Crippen molar-refractivity contribution in [3.05, 3.63) is 0 Å². The van der Waals surface area contributed by atoms with Gasteiger partial charge in [0.05, 0.1) is 0 Å². The molecule has 2 fully saturated rings. The van der Waals surface area contributed by atoms with E-state index in [2.05, 4.69) is 25.8 Å². The van der Waals surface area contributed by atoms with Gasteiger partial charge in [0.15, 0.2) is 0 Å². The minimum atomic E-state index is 0.634. The highest BCUT2D eigenvalue weighted by Crippen LogP contribution is 2.49. The summed E-state index contributed by atoms with van der Waals surface area (Å²) >= 11 is 0. The van der Waals surface area contributed by atoms with E-state index in [-0.39, 0.29) is 0 Å². The molecule has 0 aromatic rings. The Morgan fingerprint density at radius 2 is 2.00 bits per heavy atom. The Labute approximate surface area is 69.8 Å². The summed E-state index contributed by atoms with van der Waals surface area (Å²) in [5, 5.41) is 0. The van der Waals surface area contributed by atoms with Crippen LogP contribution in [0.3, 0.4) is 0 Å². The van der Waals surface area contributed by atoms with E-state index in [4.69, 9.17) is 0 Å². The molecule has 0 aromatic heterocycles. The van der Waals surface area contributed by atoms with E-state index < -0.39 is 0 Å². The molecule has 0 spiro atoms. The van der Waals surface area contributed by atoms with Crippen LogP contribution in [0.5, 0.6) is 0 Å². The Hall–Kier alpha value is -0.0400. The maximum Gasteiger partial charge on any atom is 0.0126 e. The van der Waals surface area contributed by atoms with Crippen LogP contribution in [0.1, 0.15) is 33.1 Å². The molecule has 0 N–H and O–H groups in total. The number of fused-ring (bicyclic) bond motifs is 1. The molecule has 1 heterocycles. The Morgan fingerprint density at radius 1 is 1.27 bits per heavy atom. The van der Waals surface area contributed by atoms with Crippen molar-refractivity contribution in [2.75, 3.05) is 13.6 Å². The Bertz CT molecular complexity index is 162. The predicted octanol–water partition coefficient (Wildman–Crippen LogP) is 2.13. The fourth-order valence-corrected chi connectivity index (χ4v) is 3.05. The molecule has 1 aliphatic carbocycles. The quantitative estimate of drug-likeness (QED) is 0.515. The largest absolute Gasteiger partial charge is 0.303 e. The molecule has 1 heteroatoms. The van der Waals surface area contributed by atoms with Crippen molar-refractivity contribution in [2.45, 2.75) is 39.2 Å². The van der Waals surface area contributed by atoms with Crippen LogP contribution in [-0.2, 0) is 0 Å². The third kappa shape index (κ3) is 1.01. The third-order valence-corrected chi connectivity index (χ3v) is 3.91. The van der Waals surface area contributed by atoms with Gasteiger partial charge in [-0.1, -0.05) is 13.8 Å². The van der Waals surface area contributed by atoms with Crippen LogP contribution in [0.4, 0.5) is 0 Å². The second-order valence-electron chi connectivity index (χ2n) is 4.97. The number of likely N-dealkylation sites (tertiary alicyclic amines) is 1. The lowest BCUT2D eigenvalue weighted by atomic mass is 9.80. The first-order valence-electron chi connectivity index (χ1n) is 4.81. The molecule has 0 aromatic carbocycles. The lowest BCUT2D eigenvalue weighted by molar-refractivity contribution is 0.233. The molecule has 2 atom stereocenters. The van der Waals surface area contributed by atoms with Crippen LogP contribution in [-0.4, -0.2) is 24.5 Å². The molecule has 11 heavy (non-hydrogen) atoms. The summed E-state index contributed by atoms with van der Waals surface area (Å²) in [4.78, 5) is 2.55. The van der Waals surface area contributed by atoms with Gasteiger partial charge >= 0.3 is 0 Å². The smallest absolute Gasteiger partial charge is 0.0126 e. The first-order valence-corrected chi connectivity index (χ1v) is 4.81.